The van der Waals surface area contributed by atoms with E-state index in [1.165, 1.54) is 12.8 Å². The molecule has 5 heteroatoms. The molecule has 3 N–H and O–H groups in total. The fraction of sp³-hybridized carbons (Fsp3) is 0.818. The Balaban J connectivity index is 1.51. The lowest BCUT2D eigenvalue weighted by Crippen LogP contribution is -2.42. The van der Waals surface area contributed by atoms with E-state index in [0.29, 0.717) is 19.4 Å². The Labute approximate surface area is 95.3 Å². The van der Waals surface area contributed by atoms with Crippen molar-refractivity contribution in [2.75, 3.05) is 13.1 Å². The molecule has 16 heavy (non-hydrogen) atoms. The van der Waals surface area contributed by atoms with Crippen LogP contribution in [0.1, 0.15) is 32.1 Å². The van der Waals surface area contributed by atoms with Crippen LogP contribution in [0.5, 0.6) is 0 Å². The summed E-state index contributed by atoms with van der Waals surface area (Å²) in [5, 5.41) is 8.89. The molecule has 1 saturated heterocycles. The van der Waals surface area contributed by atoms with E-state index in [2.05, 4.69) is 16.0 Å². The van der Waals surface area contributed by atoms with E-state index in [4.69, 9.17) is 0 Å². The second-order valence-corrected chi connectivity index (χ2v) is 4.53. The van der Waals surface area contributed by atoms with Crippen LogP contribution in [-0.2, 0) is 9.59 Å². The Morgan fingerprint density at radius 1 is 1.31 bits per heavy atom. The van der Waals surface area contributed by atoms with Crippen molar-refractivity contribution in [3.05, 3.63) is 0 Å². The molecule has 2 aliphatic rings. The molecule has 0 radical (unpaired) electrons. The fourth-order valence-corrected chi connectivity index (χ4v) is 1.83. The molecule has 1 heterocycles. The summed E-state index contributed by atoms with van der Waals surface area (Å²) in [7, 11) is 0. The summed E-state index contributed by atoms with van der Waals surface area (Å²) < 4.78 is 0. The molecule has 90 valence electrons. The quantitative estimate of drug-likeness (QED) is 0.535. The first-order valence-electron chi connectivity index (χ1n) is 6.06. The molecule has 1 aliphatic heterocycles. The molecule has 2 amide bonds. The molecular formula is C11H19N3O2. The largest absolute Gasteiger partial charge is 0.354 e. The van der Waals surface area contributed by atoms with Crippen molar-refractivity contribution in [3.63, 3.8) is 0 Å². The van der Waals surface area contributed by atoms with E-state index in [0.717, 1.165) is 19.0 Å². The summed E-state index contributed by atoms with van der Waals surface area (Å²) in [6.45, 7) is 1.65. The third kappa shape index (κ3) is 3.48. The predicted octanol–water partition coefficient (Wildman–Crippen LogP) is -0.477. The molecule has 0 unspecified atom stereocenters. The minimum atomic E-state index is -0.302. The Bertz CT molecular complexity index is 276. The van der Waals surface area contributed by atoms with Crippen molar-refractivity contribution in [2.24, 2.45) is 0 Å². The van der Waals surface area contributed by atoms with Crippen LogP contribution < -0.4 is 16.0 Å². The Morgan fingerprint density at radius 2 is 2.12 bits per heavy atom. The first-order chi connectivity index (χ1) is 7.75. The lowest BCUT2D eigenvalue weighted by Gasteiger charge is -2.10. The average Bonchev–Trinajstić information content (AvgIpc) is 2.99. The first-order valence-corrected chi connectivity index (χ1v) is 6.06. The number of carbonyl (C=O) groups is 2. The smallest absolute Gasteiger partial charge is 0.242 e. The molecular weight excluding hydrogens is 206 g/mol. The van der Waals surface area contributed by atoms with E-state index in [9.17, 15) is 9.59 Å². The van der Waals surface area contributed by atoms with E-state index >= 15 is 0 Å². The highest BCUT2D eigenvalue weighted by Gasteiger charge is 2.26. The van der Waals surface area contributed by atoms with Gasteiger partial charge >= 0.3 is 0 Å². The maximum Gasteiger partial charge on any atom is 0.242 e. The molecule has 2 fully saturated rings. The summed E-state index contributed by atoms with van der Waals surface area (Å²) in [6.07, 6.45) is 4.64. The van der Waals surface area contributed by atoms with Gasteiger partial charge in [0.2, 0.25) is 11.8 Å². The maximum absolute atomic E-state index is 11.6. The summed E-state index contributed by atoms with van der Waals surface area (Å²) >= 11 is 0. The van der Waals surface area contributed by atoms with Gasteiger partial charge in [-0.2, -0.15) is 0 Å². The van der Waals surface area contributed by atoms with Gasteiger partial charge in [-0.15, -0.1) is 0 Å². The SMILES string of the molecule is O=C1CC[C@H](C(=O)NCCCNC2CC2)N1. The van der Waals surface area contributed by atoms with Crippen molar-refractivity contribution >= 4 is 11.8 Å². The average molecular weight is 225 g/mol. The van der Waals surface area contributed by atoms with Crippen LogP contribution in [-0.4, -0.2) is 37.0 Å². The standard InChI is InChI=1S/C11H19N3O2/c15-10-5-4-9(14-10)11(16)13-7-1-6-12-8-2-3-8/h8-9,12H,1-7H2,(H,13,16)(H,14,15)/t9-/m1/s1. The normalized spacial score (nSPS) is 24.2. The molecule has 0 spiro atoms. The Kier molecular flexibility index (Phi) is 3.77. The molecule has 0 aromatic heterocycles. The topological polar surface area (TPSA) is 70.2 Å². The number of carbonyl (C=O) groups excluding carboxylic acids is 2. The van der Waals surface area contributed by atoms with Gasteiger partial charge in [-0.05, 0) is 32.2 Å². The van der Waals surface area contributed by atoms with Gasteiger partial charge in [0.1, 0.15) is 6.04 Å². The third-order valence-corrected chi connectivity index (χ3v) is 2.97. The maximum atomic E-state index is 11.6. The number of nitrogens with one attached hydrogen (secondary N) is 3. The minimum Gasteiger partial charge on any atom is -0.354 e. The van der Waals surface area contributed by atoms with Crippen LogP contribution in [0.2, 0.25) is 0 Å². The number of amides is 2. The third-order valence-electron chi connectivity index (χ3n) is 2.97. The molecule has 1 atom stereocenters. The van der Waals surface area contributed by atoms with Gasteiger partial charge in [0.05, 0.1) is 0 Å². The Hall–Kier alpha value is -1.10. The van der Waals surface area contributed by atoms with Gasteiger partial charge in [-0.25, -0.2) is 0 Å². The van der Waals surface area contributed by atoms with Crippen LogP contribution in [0.15, 0.2) is 0 Å². The van der Waals surface area contributed by atoms with E-state index in [-0.39, 0.29) is 17.9 Å². The van der Waals surface area contributed by atoms with Crippen molar-refractivity contribution in [1.82, 2.24) is 16.0 Å². The van der Waals surface area contributed by atoms with Crippen LogP contribution in [0.25, 0.3) is 0 Å². The molecule has 1 aliphatic carbocycles. The second-order valence-electron chi connectivity index (χ2n) is 4.53. The van der Waals surface area contributed by atoms with Gasteiger partial charge in [-0.1, -0.05) is 0 Å². The molecule has 0 aromatic carbocycles. The number of hydrogen-bond acceptors (Lipinski definition) is 3. The van der Waals surface area contributed by atoms with Gasteiger partial charge < -0.3 is 16.0 Å². The highest BCUT2D eigenvalue weighted by Crippen LogP contribution is 2.18. The summed E-state index contributed by atoms with van der Waals surface area (Å²) in [5.41, 5.74) is 0. The second kappa shape index (κ2) is 5.30. The molecule has 0 bridgehead atoms. The zero-order valence-electron chi connectivity index (χ0n) is 9.42. The highest BCUT2D eigenvalue weighted by atomic mass is 16.2. The summed E-state index contributed by atoms with van der Waals surface area (Å²) in [6, 6.07) is 0.425. The molecule has 5 nitrogen and oxygen atoms in total. The van der Waals surface area contributed by atoms with Gasteiger partial charge in [0.25, 0.3) is 0 Å². The van der Waals surface area contributed by atoms with Crippen molar-refractivity contribution in [3.8, 4) is 0 Å². The first kappa shape index (κ1) is 11.4. The highest BCUT2D eigenvalue weighted by molar-refractivity contribution is 5.90. The van der Waals surface area contributed by atoms with Gasteiger partial charge in [-0.3, -0.25) is 9.59 Å². The van der Waals surface area contributed by atoms with Gasteiger partial charge in [0, 0.05) is 19.0 Å². The van der Waals surface area contributed by atoms with Gasteiger partial charge in [0.15, 0.2) is 0 Å². The van der Waals surface area contributed by atoms with E-state index < -0.39 is 0 Å². The molecule has 0 aromatic rings. The monoisotopic (exact) mass is 225 g/mol. The Morgan fingerprint density at radius 3 is 2.75 bits per heavy atom. The summed E-state index contributed by atoms with van der Waals surface area (Å²) in [4.78, 5) is 22.5. The zero-order chi connectivity index (χ0) is 11.4. The zero-order valence-corrected chi connectivity index (χ0v) is 9.42. The summed E-state index contributed by atoms with van der Waals surface area (Å²) in [5.74, 6) is -0.0622. The van der Waals surface area contributed by atoms with E-state index in [1.807, 2.05) is 0 Å². The molecule has 2 rings (SSSR count). The van der Waals surface area contributed by atoms with Crippen LogP contribution >= 0.6 is 0 Å². The van der Waals surface area contributed by atoms with Crippen molar-refractivity contribution in [2.45, 2.75) is 44.2 Å². The van der Waals surface area contributed by atoms with E-state index in [1.54, 1.807) is 0 Å². The number of rotatable bonds is 6. The van der Waals surface area contributed by atoms with Crippen LogP contribution in [0.3, 0.4) is 0 Å². The van der Waals surface area contributed by atoms with Crippen molar-refractivity contribution < 1.29 is 9.59 Å². The molecule has 1 saturated carbocycles. The lowest BCUT2D eigenvalue weighted by atomic mass is 10.2. The lowest BCUT2D eigenvalue weighted by molar-refractivity contribution is -0.125. The number of hydrogen-bond donors (Lipinski definition) is 3. The van der Waals surface area contributed by atoms with Crippen molar-refractivity contribution in [1.29, 1.82) is 0 Å². The minimum absolute atomic E-state index is 0.0180. The fourth-order valence-electron chi connectivity index (χ4n) is 1.83. The van der Waals surface area contributed by atoms with Crippen LogP contribution in [0, 0.1) is 0 Å². The van der Waals surface area contributed by atoms with Crippen LogP contribution in [0.4, 0.5) is 0 Å². The predicted molar refractivity (Wildman–Crippen MR) is 59.8 cm³/mol.